The van der Waals surface area contributed by atoms with Crippen molar-refractivity contribution >= 4 is 22.6 Å². The van der Waals surface area contributed by atoms with Gasteiger partial charge in [-0.3, -0.25) is 0 Å². The van der Waals surface area contributed by atoms with Gasteiger partial charge in [0, 0.05) is 18.0 Å². The highest BCUT2D eigenvalue weighted by Gasteiger charge is 2.05. The van der Waals surface area contributed by atoms with Crippen molar-refractivity contribution < 1.29 is 4.74 Å². The van der Waals surface area contributed by atoms with Crippen LogP contribution in [0.25, 0.3) is 5.69 Å². The molecule has 0 radical (unpaired) electrons. The van der Waals surface area contributed by atoms with Gasteiger partial charge in [-0.15, -0.1) is 0 Å². The van der Waals surface area contributed by atoms with E-state index >= 15 is 0 Å². The Bertz CT molecular complexity index is 481. The van der Waals surface area contributed by atoms with E-state index in [1.54, 1.807) is 13.3 Å². The molecule has 2 aromatic rings. The highest BCUT2D eigenvalue weighted by atomic mass is 127. The quantitative estimate of drug-likeness (QED) is 0.798. The lowest BCUT2D eigenvalue weighted by Gasteiger charge is -2.05. The first-order valence-electron chi connectivity index (χ1n) is 4.43. The Morgan fingerprint density at radius 1 is 1.40 bits per heavy atom. The minimum atomic E-state index is 0.595. The van der Waals surface area contributed by atoms with Gasteiger partial charge in [0.05, 0.1) is 12.8 Å². The molecule has 0 aliphatic rings. The summed E-state index contributed by atoms with van der Waals surface area (Å²) in [4.78, 5) is 4.05. The molecular weight excluding hydrogens is 305 g/mol. The summed E-state index contributed by atoms with van der Waals surface area (Å²) in [5, 5.41) is 4.38. The monoisotopic (exact) mass is 315 g/mol. The van der Waals surface area contributed by atoms with Crippen molar-refractivity contribution in [2.75, 3.05) is 7.11 Å². The van der Waals surface area contributed by atoms with Crippen LogP contribution in [0.3, 0.4) is 0 Å². The van der Waals surface area contributed by atoms with E-state index in [2.05, 4.69) is 32.7 Å². The number of methoxy groups -OCH3 is 1. The van der Waals surface area contributed by atoms with Gasteiger partial charge >= 0.3 is 0 Å². The van der Waals surface area contributed by atoms with Crippen LogP contribution < -0.4 is 4.74 Å². The van der Waals surface area contributed by atoms with Crippen LogP contribution >= 0.6 is 22.6 Å². The van der Waals surface area contributed by atoms with Crippen molar-refractivity contribution in [1.82, 2.24) is 14.8 Å². The molecule has 0 aromatic carbocycles. The van der Waals surface area contributed by atoms with E-state index in [1.807, 2.05) is 29.8 Å². The third kappa shape index (κ3) is 2.11. The van der Waals surface area contributed by atoms with Gasteiger partial charge in [-0.05, 0) is 41.6 Å². The first-order chi connectivity index (χ1) is 7.20. The molecule has 0 aliphatic carbocycles. The molecule has 0 saturated carbocycles. The second kappa shape index (κ2) is 4.18. The Hall–Kier alpha value is -1.11. The van der Waals surface area contributed by atoms with Crippen LogP contribution in [0.1, 0.15) is 5.69 Å². The molecule has 0 bridgehead atoms. The Labute approximate surface area is 101 Å². The number of ether oxygens (including phenoxy) is 1. The molecular formula is C10H10IN3O. The van der Waals surface area contributed by atoms with E-state index in [0.717, 1.165) is 15.1 Å². The maximum absolute atomic E-state index is 5.07. The lowest BCUT2D eigenvalue weighted by atomic mass is 10.4. The number of nitrogens with zero attached hydrogens (tertiary/aromatic N) is 3. The molecule has 78 valence electrons. The van der Waals surface area contributed by atoms with Gasteiger partial charge < -0.3 is 4.74 Å². The largest absolute Gasteiger partial charge is 0.481 e. The highest BCUT2D eigenvalue weighted by molar-refractivity contribution is 14.1. The van der Waals surface area contributed by atoms with E-state index in [-0.39, 0.29) is 0 Å². The average Bonchev–Trinajstić information content (AvgIpc) is 2.58. The van der Waals surface area contributed by atoms with Gasteiger partial charge in [-0.2, -0.15) is 5.10 Å². The fraction of sp³-hybridized carbons (Fsp3) is 0.200. The molecule has 0 saturated heterocycles. The van der Waals surface area contributed by atoms with E-state index in [1.165, 1.54) is 0 Å². The normalized spacial score (nSPS) is 10.3. The molecule has 0 atom stereocenters. The van der Waals surface area contributed by atoms with Crippen molar-refractivity contribution in [1.29, 1.82) is 0 Å². The molecule has 0 spiro atoms. The Morgan fingerprint density at radius 2 is 2.20 bits per heavy atom. The maximum atomic E-state index is 5.07. The van der Waals surface area contributed by atoms with Crippen LogP contribution in [-0.2, 0) is 0 Å². The summed E-state index contributed by atoms with van der Waals surface area (Å²) in [6.07, 6.45) is 1.71. The van der Waals surface area contributed by atoms with Crippen LogP contribution in [0.4, 0.5) is 0 Å². The van der Waals surface area contributed by atoms with Crippen LogP contribution in [0.15, 0.2) is 24.4 Å². The van der Waals surface area contributed by atoms with Gasteiger partial charge in [0.2, 0.25) is 5.88 Å². The van der Waals surface area contributed by atoms with Crippen molar-refractivity contribution in [3.05, 3.63) is 33.8 Å². The molecule has 0 aliphatic heterocycles. The zero-order valence-electron chi connectivity index (χ0n) is 8.44. The molecule has 5 heteroatoms. The van der Waals surface area contributed by atoms with Crippen molar-refractivity contribution in [2.24, 2.45) is 0 Å². The SMILES string of the molecule is COc1cc(-n2nc(I)cc2C)ccn1. The van der Waals surface area contributed by atoms with Crippen LogP contribution in [-0.4, -0.2) is 21.9 Å². The molecule has 15 heavy (non-hydrogen) atoms. The van der Waals surface area contributed by atoms with E-state index < -0.39 is 0 Å². The Balaban J connectivity index is 2.49. The topological polar surface area (TPSA) is 39.9 Å². The smallest absolute Gasteiger partial charge is 0.215 e. The van der Waals surface area contributed by atoms with Crippen LogP contribution in [0, 0.1) is 10.6 Å². The van der Waals surface area contributed by atoms with E-state index in [4.69, 9.17) is 4.74 Å². The predicted octanol–water partition coefficient (Wildman–Crippen LogP) is 2.19. The van der Waals surface area contributed by atoms with Gasteiger partial charge in [0.1, 0.15) is 3.70 Å². The fourth-order valence-corrected chi connectivity index (χ4v) is 2.01. The zero-order chi connectivity index (χ0) is 10.8. The highest BCUT2D eigenvalue weighted by Crippen LogP contribution is 2.16. The number of aryl methyl sites for hydroxylation is 1. The summed E-state index contributed by atoms with van der Waals surface area (Å²) in [7, 11) is 1.60. The number of aromatic nitrogens is 3. The minimum Gasteiger partial charge on any atom is -0.481 e. The second-order valence-electron chi connectivity index (χ2n) is 3.08. The number of hydrogen-bond donors (Lipinski definition) is 0. The fourth-order valence-electron chi connectivity index (χ4n) is 1.34. The Morgan fingerprint density at radius 3 is 2.80 bits per heavy atom. The molecule has 2 heterocycles. The third-order valence-electron chi connectivity index (χ3n) is 2.03. The summed E-state index contributed by atoms with van der Waals surface area (Å²) in [5.74, 6) is 0.595. The van der Waals surface area contributed by atoms with Crippen molar-refractivity contribution in [2.45, 2.75) is 6.92 Å². The lowest BCUT2D eigenvalue weighted by Crippen LogP contribution is -2.00. The number of rotatable bonds is 2. The van der Waals surface area contributed by atoms with Gasteiger partial charge in [0.15, 0.2) is 0 Å². The van der Waals surface area contributed by atoms with Crippen LogP contribution in [0.2, 0.25) is 0 Å². The first-order valence-corrected chi connectivity index (χ1v) is 5.51. The number of hydrogen-bond acceptors (Lipinski definition) is 3. The van der Waals surface area contributed by atoms with Crippen molar-refractivity contribution in [3.63, 3.8) is 0 Å². The molecule has 4 nitrogen and oxygen atoms in total. The molecule has 0 fully saturated rings. The summed E-state index contributed by atoms with van der Waals surface area (Å²) < 4.78 is 7.91. The lowest BCUT2D eigenvalue weighted by molar-refractivity contribution is 0.397. The maximum Gasteiger partial charge on any atom is 0.215 e. The molecule has 2 rings (SSSR count). The molecule has 2 aromatic heterocycles. The Kier molecular flexibility index (Phi) is 2.90. The molecule has 0 amide bonds. The predicted molar refractivity (Wildman–Crippen MR) is 65.4 cm³/mol. The summed E-state index contributed by atoms with van der Waals surface area (Å²) in [6.45, 7) is 2.02. The zero-order valence-corrected chi connectivity index (χ0v) is 10.6. The van der Waals surface area contributed by atoms with Gasteiger partial charge in [-0.25, -0.2) is 9.67 Å². The number of pyridine rings is 1. The van der Waals surface area contributed by atoms with E-state index in [0.29, 0.717) is 5.88 Å². The summed E-state index contributed by atoms with van der Waals surface area (Å²) in [5.41, 5.74) is 2.05. The van der Waals surface area contributed by atoms with Crippen molar-refractivity contribution in [3.8, 4) is 11.6 Å². The second-order valence-corrected chi connectivity index (χ2v) is 4.18. The summed E-state index contributed by atoms with van der Waals surface area (Å²) in [6, 6.07) is 5.78. The minimum absolute atomic E-state index is 0.595. The van der Waals surface area contributed by atoms with E-state index in [9.17, 15) is 0 Å². The average molecular weight is 315 g/mol. The molecule has 0 N–H and O–H groups in total. The first kappa shape index (κ1) is 10.4. The number of halogens is 1. The van der Waals surface area contributed by atoms with Gasteiger partial charge in [-0.1, -0.05) is 0 Å². The van der Waals surface area contributed by atoms with Gasteiger partial charge in [0.25, 0.3) is 0 Å². The standard InChI is InChI=1S/C10H10IN3O/c1-7-5-9(11)13-14(7)8-3-4-12-10(6-8)15-2/h3-6H,1-2H3. The summed E-state index contributed by atoms with van der Waals surface area (Å²) >= 11 is 2.19. The third-order valence-corrected chi connectivity index (χ3v) is 2.56. The van der Waals surface area contributed by atoms with Crippen LogP contribution in [0.5, 0.6) is 5.88 Å². The molecule has 0 unspecified atom stereocenters.